The van der Waals surface area contributed by atoms with Crippen molar-refractivity contribution in [3.63, 3.8) is 0 Å². The summed E-state index contributed by atoms with van der Waals surface area (Å²) in [5.74, 6) is -0.714. The number of rotatable bonds is 5. The molecule has 0 saturated heterocycles. The maximum atomic E-state index is 13.6. The minimum Gasteiger partial charge on any atom is -0.348 e. The van der Waals surface area contributed by atoms with Gasteiger partial charge in [-0.2, -0.15) is 0 Å². The van der Waals surface area contributed by atoms with E-state index in [0.29, 0.717) is 30.6 Å². The maximum Gasteiger partial charge on any atom is 0.247 e. The number of carbonyl (C=O) groups is 1. The van der Waals surface area contributed by atoms with Crippen molar-refractivity contribution in [1.29, 1.82) is 0 Å². The van der Waals surface area contributed by atoms with Gasteiger partial charge in [-0.05, 0) is 30.2 Å². The third-order valence-corrected chi connectivity index (χ3v) is 4.28. The van der Waals surface area contributed by atoms with Crippen LogP contribution >= 0.6 is 0 Å². The topological polar surface area (TPSA) is 32.3 Å². The minimum absolute atomic E-state index is 0.159. The van der Waals surface area contributed by atoms with Gasteiger partial charge in [0, 0.05) is 37.3 Å². The van der Waals surface area contributed by atoms with Crippen LogP contribution in [0.15, 0.2) is 60.2 Å². The standard InChI is InChI=1S/C20H20F2N2O/c21-18-6-3-4-15(12-18)14-24-10-8-16(9-11-24)20(25)23-13-17-5-1-2-7-19(17)22/h1-8,12H,9-11,13-14H2,(H,23,25). The summed E-state index contributed by atoms with van der Waals surface area (Å²) in [6.45, 7) is 2.20. The zero-order valence-corrected chi connectivity index (χ0v) is 13.8. The van der Waals surface area contributed by atoms with Crippen molar-refractivity contribution in [2.24, 2.45) is 0 Å². The molecule has 25 heavy (non-hydrogen) atoms. The molecule has 1 aliphatic heterocycles. The highest BCUT2D eigenvalue weighted by molar-refractivity contribution is 5.93. The highest BCUT2D eigenvalue weighted by Crippen LogP contribution is 2.15. The Morgan fingerprint density at radius 1 is 1.12 bits per heavy atom. The molecular formula is C20H20F2N2O. The Hall–Kier alpha value is -2.53. The first-order chi connectivity index (χ1) is 12.1. The molecular weight excluding hydrogens is 322 g/mol. The maximum absolute atomic E-state index is 13.6. The van der Waals surface area contributed by atoms with Gasteiger partial charge in [0.15, 0.2) is 0 Å². The van der Waals surface area contributed by atoms with Crippen LogP contribution in [0.1, 0.15) is 17.5 Å². The Bertz CT molecular complexity index is 789. The number of hydrogen-bond acceptors (Lipinski definition) is 2. The van der Waals surface area contributed by atoms with E-state index in [0.717, 1.165) is 12.1 Å². The number of halogens is 2. The summed E-state index contributed by atoms with van der Waals surface area (Å²) in [6.07, 6.45) is 2.51. The molecule has 1 N–H and O–H groups in total. The van der Waals surface area contributed by atoms with Crippen LogP contribution in [0, 0.1) is 11.6 Å². The Kier molecular flexibility index (Phi) is 5.56. The molecule has 0 aromatic heterocycles. The van der Waals surface area contributed by atoms with Crippen molar-refractivity contribution in [2.75, 3.05) is 13.1 Å². The van der Waals surface area contributed by atoms with Crippen LogP contribution in [-0.4, -0.2) is 23.9 Å². The van der Waals surface area contributed by atoms with E-state index in [1.54, 1.807) is 24.3 Å². The number of amides is 1. The van der Waals surface area contributed by atoms with Gasteiger partial charge < -0.3 is 5.32 Å². The summed E-state index contributed by atoms with van der Waals surface area (Å²) in [7, 11) is 0. The van der Waals surface area contributed by atoms with Crippen molar-refractivity contribution in [1.82, 2.24) is 10.2 Å². The lowest BCUT2D eigenvalue weighted by Gasteiger charge is -2.26. The monoisotopic (exact) mass is 342 g/mol. The van der Waals surface area contributed by atoms with E-state index in [1.165, 1.54) is 18.2 Å². The molecule has 0 saturated carbocycles. The zero-order chi connectivity index (χ0) is 17.6. The van der Waals surface area contributed by atoms with Crippen LogP contribution < -0.4 is 5.32 Å². The summed E-state index contributed by atoms with van der Waals surface area (Å²) in [4.78, 5) is 14.4. The van der Waals surface area contributed by atoms with E-state index in [2.05, 4.69) is 10.2 Å². The van der Waals surface area contributed by atoms with E-state index >= 15 is 0 Å². The van der Waals surface area contributed by atoms with Gasteiger partial charge in [-0.3, -0.25) is 9.69 Å². The molecule has 2 aromatic rings. The van der Waals surface area contributed by atoms with Crippen LogP contribution in [0.25, 0.3) is 0 Å². The van der Waals surface area contributed by atoms with Crippen molar-refractivity contribution >= 4 is 5.91 Å². The fourth-order valence-corrected chi connectivity index (χ4v) is 2.89. The first-order valence-electron chi connectivity index (χ1n) is 8.29. The fraction of sp³-hybridized carbons (Fsp3) is 0.250. The fourth-order valence-electron chi connectivity index (χ4n) is 2.89. The molecule has 3 nitrogen and oxygen atoms in total. The predicted molar refractivity (Wildman–Crippen MR) is 92.6 cm³/mol. The largest absolute Gasteiger partial charge is 0.348 e. The third-order valence-electron chi connectivity index (χ3n) is 4.28. The Balaban J connectivity index is 1.52. The number of benzene rings is 2. The van der Waals surface area contributed by atoms with Crippen LogP contribution in [0.2, 0.25) is 0 Å². The summed E-state index contributed by atoms with van der Waals surface area (Å²) in [5, 5.41) is 2.77. The van der Waals surface area contributed by atoms with E-state index in [9.17, 15) is 13.6 Å². The van der Waals surface area contributed by atoms with Gasteiger partial charge in [-0.15, -0.1) is 0 Å². The van der Waals surface area contributed by atoms with Gasteiger partial charge in [-0.25, -0.2) is 8.78 Å². The second kappa shape index (κ2) is 8.03. The normalized spacial score (nSPS) is 14.9. The van der Waals surface area contributed by atoms with Gasteiger partial charge in [0.05, 0.1) is 0 Å². The van der Waals surface area contributed by atoms with Crippen LogP contribution in [-0.2, 0) is 17.9 Å². The number of nitrogens with one attached hydrogen (secondary N) is 1. The summed E-state index contributed by atoms with van der Waals surface area (Å²) >= 11 is 0. The molecule has 1 amide bonds. The molecule has 0 atom stereocenters. The molecule has 0 fully saturated rings. The van der Waals surface area contributed by atoms with Crippen molar-refractivity contribution < 1.29 is 13.6 Å². The van der Waals surface area contributed by atoms with Crippen LogP contribution in [0.5, 0.6) is 0 Å². The number of nitrogens with zero attached hydrogens (tertiary/aromatic N) is 1. The quantitative estimate of drug-likeness (QED) is 0.903. The Morgan fingerprint density at radius 2 is 1.96 bits per heavy atom. The predicted octanol–water partition coefficient (Wildman–Crippen LogP) is 3.41. The second-order valence-corrected chi connectivity index (χ2v) is 6.12. The van der Waals surface area contributed by atoms with Crippen molar-refractivity contribution in [3.05, 3.63) is 82.9 Å². The lowest BCUT2D eigenvalue weighted by atomic mass is 10.1. The summed E-state index contributed by atoms with van der Waals surface area (Å²) in [6, 6.07) is 13.0. The first kappa shape index (κ1) is 17.3. The van der Waals surface area contributed by atoms with Crippen molar-refractivity contribution in [2.45, 2.75) is 19.5 Å². The highest BCUT2D eigenvalue weighted by atomic mass is 19.1. The smallest absolute Gasteiger partial charge is 0.247 e. The van der Waals surface area contributed by atoms with Crippen LogP contribution in [0.4, 0.5) is 8.78 Å². The Labute approximate surface area is 146 Å². The second-order valence-electron chi connectivity index (χ2n) is 6.12. The Morgan fingerprint density at radius 3 is 2.68 bits per heavy atom. The average molecular weight is 342 g/mol. The average Bonchev–Trinajstić information content (AvgIpc) is 2.61. The molecule has 0 aliphatic carbocycles. The molecule has 5 heteroatoms. The van der Waals surface area contributed by atoms with Gasteiger partial charge >= 0.3 is 0 Å². The molecule has 0 unspecified atom stereocenters. The highest BCUT2D eigenvalue weighted by Gasteiger charge is 2.17. The van der Waals surface area contributed by atoms with Crippen LogP contribution in [0.3, 0.4) is 0 Å². The number of hydrogen-bond donors (Lipinski definition) is 1. The van der Waals surface area contributed by atoms with E-state index < -0.39 is 0 Å². The molecule has 130 valence electrons. The molecule has 2 aromatic carbocycles. The number of carbonyl (C=O) groups excluding carboxylic acids is 1. The molecule has 0 bridgehead atoms. The minimum atomic E-state index is -0.318. The van der Waals surface area contributed by atoms with Gasteiger partial charge in [0.1, 0.15) is 11.6 Å². The lowest BCUT2D eigenvalue weighted by molar-refractivity contribution is -0.118. The van der Waals surface area contributed by atoms with E-state index in [4.69, 9.17) is 0 Å². The molecule has 1 heterocycles. The summed E-state index contributed by atoms with van der Waals surface area (Å²) < 4.78 is 26.8. The molecule has 1 aliphatic rings. The molecule has 3 rings (SSSR count). The van der Waals surface area contributed by atoms with Gasteiger partial charge in [0.2, 0.25) is 5.91 Å². The van der Waals surface area contributed by atoms with Crippen molar-refractivity contribution in [3.8, 4) is 0 Å². The van der Waals surface area contributed by atoms with E-state index in [-0.39, 0.29) is 24.1 Å². The van der Waals surface area contributed by atoms with Gasteiger partial charge in [-0.1, -0.05) is 36.4 Å². The molecule has 0 radical (unpaired) electrons. The zero-order valence-electron chi connectivity index (χ0n) is 13.8. The summed E-state index contributed by atoms with van der Waals surface area (Å²) in [5.41, 5.74) is 2.10. The SMILES string of the molecule is O=C(NCc1ccccc1F)C1=CCN(Cc2cccc(F)c2)CC1. The third kappa shape index (κ3) is 4.73. The van der Waals surface area contributed by atoms with Gasteiger partial charge in [0.25, 0.3) is 0 Å². The molecule has 0 spiro atoms. The lowest BCUT2D eigenvalue weighted by Crippen LogP contribution is -2.33. The first-order valence-corrected chi connectivity index (χ1v) is 8.29. The van der Waals surface area contributed by atoms with E-state index in [1.807, 2.05) is 12.1 Å².